The summed E-state index contributed by atoms with van der Waals surface area (Å²) in [6.45, 7) is 7.46. The number of hydrogen-bond donors (Lipinski definition) is 0. The average molecular weight is 143 g/mol. The van der Waals surface area contributed by atoms with Gasteiger partial charge in [-0.15, -0.1) is 0 Å². The fourth-order valence-electron chi connectivity index (χ4n) is 1.22. The topological polar surface area (TPSA) is 18.5 Å². The van der Waals surface area contributed by atoms with Gasteiger partial charge in [0, 0.05) is 13.2 Å². The highest BCUT2D eigenvalue weighted by atomic mass is 16.5. The second-order valence-corrected chi connectivity index (χ2v) is 2.55. The van der Waals surface area contributed by atoms with Crippen LogP contribution >= 0.6 is 0 Å². The van der Waals surface area contributed by atoms with Gasteiger partial charge in [-0.2, -0.15) is 0 Å². The van der Waals surface area contributed by atoms with Crippen LogP contribution < -0.4 is 0 Å². The lowest BCUT2D eigenvalue weighted by atomic mass is 10.1. The molecule has 0 aromatic heterocycles. The molecule has 0 aromatic carbocycles. The molecule has 0 saturated carbocycles. The number of ether oxygens (including phenoxy) is 2. The van der Waals surface area contributed by atoms with Crippen LogP contribution in [0.5, 0.6) is 0 Å². The minimum absolute atomic E-state index is 0.0497. The van der Waals surface area contributed by atoms with Gasteiger partial charge in [0.25, 0.3) is 0 Å². The van der Waals surface area contributed by atoms with E-state index in [4.69, 9.17) is 9.47 Å². The highest BCUT2D eigenvalue weighted by molar-refractivity contribution is 4.76. The molecule has 1 fully saturated rings. The Hall–Kier alpha value is -0.0800. The quantitative estimate of drug-likeness (QED) is 0.581. The maximum absolute atomic E-state index is 5.41. The first-order valence-corrected chi connectivity index (χ1v) is 3.91. The van der Waals surface area contributed by atoms with Crippen LogP contribution in [0.4, 0.5) is 0 Å². The Labute approximate surface area is 62.5 Å². The summed E-state index contributed by atoms with van der Waals surface area (Å²) in [6.07, 6.45) is 2.49. The van der Waals surface area contributed by atoms with Crippen molar-refractivity contribution < 1.29 is 9.47 Å². The zero-order valence-corrected chi connectivity index (χ0v) is 6.51. The van der Waals surface area contributed by atoms with Crippen LogP contribution in [-0.2, 0) is 9.47 Å². The Kier molecular flexibility index (Phi) is 3.16. The zero-order valence-electron chi connectivity index (χ0n) is 6.51. The molecule has 2 nitrogen and oxygen atoms in total. The third-order valence-corrected chi connectivity index (χ3v) is 1.76. The van der Waals surface area contributed by atoms with Gasteiger partial charge in [0.15, 0.2) is 0 Å². The average Bonchev–Trinajstić information content (AvgIpc) is 1.94. The van der Waals surface area contributed by atoms with E-state index in [2.05, 4.69) is 6.92 Å². The summed E-state index contributed by atoms with van der Waals surface area (Å²) in [7, 11) is 0. The maximum atomic E-state index is 5.41. The van der Waals surface area contributed by atoms with Gasteiger partial charge in [-0.3, -0.25) is 0 Å². The second-order valence-electron chi connectivity index (χ2n) is 2.55. The molecule has 1 aliphatic heterocycles. The molecule has 1 radical (unpaired) electrons. The van der Waals surface area contributed by atoms with Crippen LogP contribution in [-0.4, -0.2) is 25.4 Å². The maximum Gasteiger partial charge on any atom is 0.0837 e. The molecule has 0 aliphatic carbocycles. The van der Waals surface area contributed by atoms with Crippen molar-refractivity contribution in [2.24, 2.45) is 0 Å². The van der Waals surface area contributed by atoms with Gasteiger partial charge in [0.2, 0.25) is 0 Å². The Bertz CT molecular complexity index is 91.3. The van der Waals surface area contributed by atoms with Gasteiger partial charge in [-0.25, -0.2) is 0 Å². The standard InChI is InChI=1S/C8H15O2/c1-3-9-8-5-4-6-10-7(8)2/h7-8H,2-6H2,1H3. The van der Waals surface area contributed by atoms with Gasteiger partial charge in [-0.1, -0.05) is 0 Å². The van der Waals surface area contributed by atoms with E-state index in [9.17, 15) is 0 Å². The summed E-state index contributed by atoms with van der Waals surface area (Å²) < 4.78 is 10.7. The molecule has 2 unspecified atom stereocenters. The van der Waals surface area contributed by atoms with E-state index in [1.165, 1.54) is 0 Å². The monoisotopic (exact) mass is 143 g/mol. The Morgan fingerprint density at radius 2 is 2.50 bits per heavy atom. The summed E-state index contributed by atoms with van der Waals surface area (Å²) in [4.78, 5) is 0. The molecular weight excluding hydrogens is 128 g/mol. The number of rotatable bonds is 2. The summed E-state index contributed by atoms with van der Waals surface area (Å²) in [5.74, 6) is 0. The molecule has 0 aromatic rings. The fourth-order valence-corrected chi connectivity index (χ4v) is 1.22. The van der Waals surface area contributed by atoms with Crippen molar-refractivity contribution in [3.63, 3.8) is 0 Å². The number of hydrogen-bond acceptors (Lipinski definition) is 2. The zero-order chi connectivity index (χ0) is 7.40. The minimum atomic E-state index is 0.0497. The van der Waals surface area contributed by atoms with Gasteiger partial charge >= 0.3 is 0 Å². The molecule has 2 heteroatoms. The molecule has 1 rings (SSSR count). The summed E-state index contributed by atoms with van der Waals surface area (Å²) in [5.41, 5.74) is 0. The predicted molar refractivity (Wildman–Crippen MR) is 39.7 cm³/mol. The third kappa shape index (κ3) is 1.96. The smallest absolute Gasteiger partial charge is 0.0837 e. The van der Waals surface area contributed by atoms with Crippen molar-refractivity contribution in [1.29, 1.82) is 0 Å². The molecule has 0 amide bonds. The largest absolute Gasteiger partial charge is 0.376 e. The third-order valence-electron chi connectivity index (χ3n) is 1.76. The van der Waals surface area contributed by atoms with E-state index in [1.54, 1.807) is 0 Å². The van der Waals surface area contributed by atoms with Crippen molar-refractivity contribution in [3.05, 3.63) is 6.92 Å². The second kappa shape index (κ2) is 3.94. The SMILES string of the molecule is [CH2]C1OCCCC1OCC. The first-order chi connectivity index (χ1) is 4.84. The summed E-state index contributed by atoms with van der Waals surface area (Å²) >= 11 is 0. The van der Waals surface area contributed by atoms with Crippen LogP contribution in [0.3, 0.4) is 0 Å². The predicted octanol–water partition coefficient (Wildman–Crippen LogP) is 1.40. The molecule has 59 valence electrons. The Morgan fingerprint density at radius 3 is 3.10 bits per heavy atom. The Balaban J connectivity index is 2.25. The lowest BCUT2D eigenvalue weighted by Crippen LogP contribution is -2.34. The van der Waals surface area contributed by atoms with Gasteiger partial charge < -0.3 is 9.47 Å². The highest BCUT2D eigenvalue weighted by Gasteiger charge is 2.21. The van der Waals surface area contributed by atoms with Crippen molar-refractivity contribution in [1.82, 2.24) is 0 Å². The molecule has 10 heavy (non-hydrogen) atoms. The van der Waals surface area contributed by atoms with E-state index < -0.39 is 0 Å². The fraction of sp³-hybridized carbons (Fsp3) is 0.875. The molecule has 0 spiro atoms. The molecular formula is C8H15O2. The van der Waals surface area contributed by atoms with Crippen LogP contribution in [0.1, 0.15) is 19.8 Å². The van der Waals surface area contributed by atoms with Crippen LogP contribution in [0.25, 0.3) is 0 Å². The van der Waals surface area contributed by atoms with E-state index in [0.29, 0.717) is 0 Å². The normalized spacial score (nSPS) is 34.2. The van der Waals surface area contributed by atoms with Crippen molar-refractivity contribution >= 4 is 0 Å². The van der Waals surface area contributed by atoms with E-state index in [-0.39, 0.29) is 12.2 Å². The van der Waals surface area contributed by atoms with Crippen molar-refractivity contribution in [2.75, 3.05) is 13.2 Å². The van der Waals surface area contributed by atoms with Crippen LogP contribution in [0.15, 0.2) is 0 Å². The van der Waals surface area contributed by atoms with Gasteiger partial charge in [0.05, 0.1) is 12.2 Å². The van der Waals surface area contributed by atoms with Crippen molar-refractivity contribution in [2.45, 2.75) is 32.0 Å². The Morgan fingerprint density at radius 1 is 1.70 bits per heavy atom. The van der Waals surface area contributed by atoms with E-state index >= 15 is 0 Å². The lowest BCUT2D eigenvalue weighted by Gasteiger charge is -2.28. The van der Waals surface area contributed by atoms with Crippen LogP contribution in [0.2, 0.25) is 0 Å². The molecule has 0 bridgehead atoms. The molecule has 2 atom stereocenters. The molecule has 1 heterocycles. The lowest BCUT2D eigenvalue weighted by molar-refractivity contribution is -0.0825. The van der Waals surface area contributed by atoms with E-state index in [1.807, 2.05) is 6.92 Å². The molecule has 1 saturated heterocycles. The van der Waals surface area contributed by atoms with Gasteiger partial charge in [0.1, 0.15) is 0 Å². The summed E-state index contributed by atoms with van der Waals surface area (Å²) in [6, 6.07) is 0. The summed E-state index contributed by atoms with van der Waals surface area (Å²) in [5, 5.41) is 0. The minimum Gasteiger partial charge on any atom is -0.376 e. The molecule has 1 aliphatic rings. The molecule has 0 N–H and O–H groups in total. The van der Waals surface area contributed by atoms with Gasteiger partial charge in [-0.05, 0) is 26.7 Å². The first kappa shape index (κ1) is 8.02. The van der Waals surface area contributed by atoms with Crippen LogP contribution in [0, 0.1) is 6.92 Å². The highest BCUT2D eigenvalue weighted by Crippen LogP contribution is 2.15. The first-order valence-electron chi connectivity index (χ1n) is 3.91. The van der Waals surface area contributed by atoms with E-state index in [0.717, 1.165) is 26.1 Å². The van der Waals surface area contributed by atoms with Crippen molar-refractivity contribution in [3.8, 4) is 0 Å².